The highest BCUT2D eigenvalue weighted by atomic mass is 32.2. The maximum atomic E-state index is 13.4. The minimum atomic E-state index is -0.381. The summed E-state index contributed by atoms with van der Waals surface area (Å²) in [4.78, 5) is 31.5. The second-order valence-corrected chi connectivity index (χ2v) is 8.59. The van der Waals surface area contributed by atoms with E-state index < -0.39 is 0 Å². The molecule has 1 fully saturated rings. The Morgan fingerprint density at radius 1 is 1.10 bits per heavy atom. The lowest BCUT2D eigenvalue weighted by Crippen LogP contribution is -2.38. The van der Waals surface area contributed by atoms with Crippen LogP contribution in [0.4, 0.5) is 10.1 Å². The minimum Gasteiger partial charge on any atom is -0.353 e. The van der Waals surface area contributed by atoms with E-state index in [4.69, 9.17) is 0 Å². The van der Waals surface area contributed by atoms with Crippen molar-refractivity contribution in [1.82, 2.24) is 5.32 Å². The number of amides is 2. The first kappa shape index (κ1) is 21.3. The Bertz CT molecular complexity index is 999. The molecule has 0 bridgehead atoms. The summed E-state index contributed by atoms with van der Waals surface area (Å²) in [7, 11) is 0. The summed E-state index contributed by atoms with van der Waals surface area (Å²) in [6.45, 7) is 0. The van der Waals surface area contributed by atoms with Gasteiger partial charge in [0, 0.05) is 6.04 Å². The maximum absolute atomic E-state index is 13.4. The molecule has 160 valence electrons. The molecule has 1 heterocycles. The van der Waals surface area contributed by atoms with E-state index in [1.54, 1.807) is 6.08 Å². The summed E-state index contributed by atoms with van der Waals surface area (Å²) in [6.07, 6.45) is 7.26. The Morgan fingerprint density at radius 3 is 2.52 bits per heavy atom. The van der Waals surface area contributed by atoms with Gasteiger partial charge in [-0.15, -0.1) is 0 Å². The average Bonchev–Trinajstić information content (AvgIpc) is 3.09. The van der Waals surface area contributed by atoms with Crippen molar-refractivity contribution >= 4 is 40.5 Å². The van der Waals surface area contributed by atoms with Crippen molar-refractivity contribution in [3.05, 3.63) is 71.7 Å². The van der Waals surface area contributed by atoms with Crippen LogP contribution in [0.1, 0.15) is 37.7 Å². The summed E-state index contributed by atoms with van der Waals surface area (Å²) in [5.74, 6) is -0.579. The van der Waals surface area contributed by atoms with Crippen LogP contribution in [0.25, 0.3) is 6.08 Å². The lowest BCUT2D eigenvalue weighted by Gasteiger charge is -2.23. The van der Waals surface area contributed by atoms with E-state index in [9.17, 15) is 14.0 Å². The molecular formula is C24H24FN3O2S. The third-order valence-electron chi connectivity index (χ3n) is 5.32. The number of aliphatic imine (C=N–C) groups is 1. The number of nitrogens with zero attached hydrogens (tertiary/aromatic N) is 2. The van der Waals surface area contributed by atoms with Gasteiger partial charge in [-0.1, -0.05) is 61.4 Å². The summed E-state index contributed by atoms with van der Waals surface area (Å²) in [6, 6.07) is 15.4. The third-order valence-corrected chi connectivity index (χ3v) is 6.26. The predicted molar refractivity (Wildman–Crippen MR) is 123 cm³/mol. The van der Waals surface area contributed by atoms with Crippen LogP contribution >= 0.6 is 11.8 Å². The Hall–Kier alpha value is -2.93. The Kier molecular flexibility index (Phi) is 6.82. The molecule has 0 atom stereocenters. The fourth-order valence-electron chi connectivity index (χ4n) is 3.76. The van der Waals surface area contributed by atoms with Crippen LogP contribution < -0.4 is 10.2 Å². The van der Waals surface area contributed by atoms with Crippen LogP contribution in [0.3, 0.4) is 0 Å². The molecule has 1 saturated carbocycles. The highest BCUT2D eigenvalue weighted by molar-refractivity contribution is 8.14. The van der Waals surface area contributed by atoms with Crippen molar-refractivity contribution in [2.45, 2.75) is 38.1 Å². The van der Waals surface area contributed by atoms with Gasteiger partial charge in [0.15, 0.2) is 5.17 Å². The standard InChI is InChI=1S/C24H24FN3O2S/c25-18-11-13-20(14-12-18)28-23(30)21(15-17-7-3-1-4-8-17)27-24(28)31-16-22(29)26-19-9-5-2-6-10-19/h1,3-4,7-8,11-15,19H,2,5-6,9-10,16H2,(H,26,29). The molecule has 5 nitrogen and oxygen atoms in total. The largest absolute Gasteiger partial charge is 0.353 e. The molecule has 2 aromatic rings. The molecule has 1 N–H and O–H groups in total. The first-order valence-corrected chi connectivity index (χ1v) is 11.5. The zero-order valence-corrected chi connectivity index (χ0v) is 17.9. The SMILES string of the molecule is O=C(CSC1=NC(=Cc2ccccc2)C(=O)N1c1ccc(F)cc1)NC1CCCCC1. The first-order valence-electron chi connectivity index (χ1n) is 10.5. The van der Waals surface area contributed by atoms with Crippen molar-refractivity contribution in [1.29, 1.82) is 0 Å². The minimum absolute atomic E-state index is 0.0633. The second kappa shape index (κ2) is 9.92. The highest BCUT2D eigenvalue weighted by Gasteiger charge is 2.32. The smallest absolute Gasteiger partial charge is 0.283 e. The van der Waals surface area contributed by atoms with Crippen molar-refractivity contribution < 1.29 is 14.0 Å². The lowest BCUT2D eigenvalue weighted by molar-refractivity contribution is -0.119. The number of carbonyl (C=O) groups excluding carboxylic acids is 2. The first-order chi connectivity index (χ1) is 15.1. The van der Waals surface area contributed by atoms with E-state index in [1.165, 1.54) is 47.3 Å². The van der Waals surface area contributed by atoms with Crippen LogP contribution in [0, 0.1) is 5.82 Å². The summed E-state index contributed by atoms with van der Waals surface area (Å²) in [5, 5.41) is 3.50. The van der Waals surface area contributed by atoms with Gasteiger partial charge in [-0.05, 0) is 48.7 Å². The Labute approximate surface area is 185 Å². The van der Waals surface area contributed by atoms with Crippen LogP contribution in [-0.2, 0) is 9.59 Å². The zero-order valence-electron chi connectivity index (χ0n) is 17.1. The van der Waals surface area contributed by atoms with E-state index in [0.717, 1.165) is 31.2 Å². The van der Waals surface area contributed by atoms with Gasteiger partial charge in [0.25, 0.3) is 5.91 Å². The molecule has 0 radical (unpaired) electrons. The van der Waals surface area contributed by atoms with Crippen LogP contribution in [0.5, 0.6) is 0 Å². The quantitative estimate of drug-likeness (QED) is 0.687. The molecule has 7 heteroatoms. The maximum Gasteiger partial charge on any atom is 0.283 e. The van der Waals surface area contributed by atoms with Crippen molar-refractivity contribution in [2.75, 3.05) is 10.7 Å². The van der Waals surface area contributed by atoms with Gasteiger partial charge in [-0.25, -0.2) is 9.38 Å². The molecule has 0 aromatic heterocycles. The van der Waals surface area contributed by atoms with Gasteiger partial charge >= 0.3 is 0 Å². The number of hydrogen-bond donors (Lipinski definition) is 1. The molecule has 2 aliphatic rings. The Morgan fingerprint density at radius 2 is 1.81 bits per heavy atom. The number of rotatable bonds is 5. The van der Waals surface area contributed by atoms with Crippen LogP contribution in [-0.4, -0.2) is 28.8 Å². The zero-order chi connectivity index (χ0) is 21.6. The van der Waals surface area contributed by atoms with Crippen LogP contribution in [0.2, 0.25) is 0 Å². The van der Waals surface area contributed by atoms with Gasteiger partial charge in [0.1, 0.15) is 11.5 Å². The number of halogens is 1. The fraction of sp³-hybridized carbons (Fsp3) is 0.292. The normalized spacial score (nSPS) is 18.4. The summed E-state index contributed by atoms with van der Waals surface area (Å²) in [5.41, 5.74) is 1.66. The van der Waals surface area contributed by atoms with Crippen LogP contribution in [0.15, 0.2) is 65.3 Å². The molecule has 1 aliphatic heterocycles. The van der Waals surface area contributed by atoms with E-state index >= 15 is 0 Å². The topological polar surface area (TPSA) is 61.8 Å². The number of nitrogens with one attached hydrogen (secondary N) is 1. The molecule has 2 amide bonds. The number of anilines is 1. The van der Waals surface area contributed by atoms with Crippen molar-refractivity contribution in [3.8, 4) is 0 Å². The van der Waals surface area contributed by atoms with Crippen molar-refractivity contribution in [2.24, 2.45) is 4.99 Å². The summed E-state index contributed by atoms with van der Waals surface area (Å²) >= 11 is 1.21. The number of hydrogen-bond acceptors (Lipinski definition) is 4. The molecule has 0 unspecified atom stereocenters. The van der Waals surface area contributed by atoms with E-state index in [2.05, 4.69) is 10.3 Å². The lowest BCUT2D eigenvalue weighted by atomic mass is 9.95. The number of carbonyl (C=O) groups is 2. The molecule has 0 saturated heterocycles. The molecule has 1 aliphatic carbocycles. The van der Waals surface area contributed by atoms with Gasteiger partial charge in [0.05, 0.1) is 11.4 Å². The molecular weight excluding hydrogens is 413 g/mol. The second-order valence-electron chi connectivity index (χ2n) is 7.64. The van der Waals surface area contributed by atoms with Gasteiger partial charge in [-0.3, -0.25) is 14.5 Å². The monoisotopic (exact) mass is 437 g/mol. The fourth-order valence-corrected chi connectivity index (χ4v) is 4.59. The Balaban J connectivity index is 1.52. The molecule has 0 spiro atoms. The number of benzene rings is 2. The molecule has 31 heavy (non-hydrogen) atoms. The van der Waals surface area contributed by atoms with E-state index in [-0.39, 0.29) is 35.1 Å². The van der Waals surface area contributed by atoms with E-state index in [0.29, 0.717) is 10.9 Å². The third kappa shape index (κ3) is 5.41. The summed E-state index contributed by atoms with van der Waals surface area (Å²) < 4.78 is 13.4. The highest BCUT2D eigenvalue weighted by Crippen LogP contribution is 2.29. The molecule has 2 aromatic carbocycles. The van der Waals surface area contributed by atoms with E-state index in [1.807, 2.05) is 30.3 Å². The van der Waals surface area contributed by atoms with Crippen molar-refractivity contribution in [3.63, 3.8) is 0 Å². The van der Waals surface area contributed by atoms with Gasteiger partial charge in [0.2, 0.25) is 5.91 Å². The number of thioether (sulfide) groups is 1. The van der Waals surface area contributed by atoms with Gasteiger partial charge < -0.3 is 5.32 Å². The predicted octanol–water partition coefficient (Wildman–Crippen LogP) is 4.75. The average molecular weight is 438 g/mol. The number of amidine groups is 1. The molecule has 4 rings (SSSR count). The van der Waals surface area contributed by atoms with Gasteiger partial charge in [-0.2, -0.15) is 0 Å².